The molecule has 4 aromatic rings. The SMILES string of the molecule is C[S+]([O-])c1ccc(-c2nc(C3CCCCC3)n3c2cnc2[nH]ccc23)cc1. The number of rotatable bonds is 3. The summed E-state index contributed by atoms with van der Waals surface area (Å²) in [7, 11) is 0. The largest absolute Gasteiger partial charge is 0.612 e. The quantitative estimate of drug-likeness (QED) is 0.527. The van der Waals surface area contributed by atoms with E-state index in [2.05, 4.69) is 20.4 Å². The lowest BCUT2D eigenvalue weighted by Gasteiger charge is -2.20. The van der Waals surface area contributed by atoms with Gasteiger partial charge in [-0.2, -0.15) is 0 Å². The first-order chi connectivity index (χ1) is 13.2. The minimum Gasteiger partial charge on any atom is -0.612 e. The van der Waals surface area contributed by atoms with E-state index in [1.54, 1.807) is 6.26 Å². The molecule has 138 valence electrons. The smallest absolute Gasteiger partial charge is 0.154 e. The predicted molar refractivity (Wildman–Crippen MR) is 108 cm³/mol. The highest BCUT2D eigenvalue weighted by molar-refractivity contribution is 7.90. The van der Waals surface area contributed by atoms with Crippen molar-refractivity contribution < 1.29 is 4.55 Å². The normalized spacial score (nSPS) is 17.0. The average molecular weight is 379 g/mol. The molecule has 27 heavy (non-hydrogen) atoms. The van der Waals surface area contributed by atoms with Crippen LogP contribution in [0.15, 0.2) is 47.6 Å². The topological polar surface area (TPSA) is 69.0 Å². The molecule has 3 aromatic heterocycles. The molecule has 1 saturated carbocycles. The van der Waals surface area contributed by atoms with E-state index in [0.717, 1.165) is 38.7 Å². The highest BCUT2D eigenvalue weighted by Gasteiger charge is 2.24. The Hall–Kier alpha value is -2.31. The Bertz CT molecular complexity index is 1090. The van der Waals surface area contributed by atoms with Crippen LogP contribution in [0.1, 0.15) is 43.8 Å². The van der Waals surface area contributed by atoms with Crippen LogP contribution in [0.2, 0.25) is 0 Å². The molecule has 1 N–H and O–H groups in total. The molecule has 5 nitrogen and oxygen atoms in total. The van der Waals surface area contributed by atoms with Gasteiger partial charge in [-0.25, -0.2) is 9.97 Å². The van der Waals surface area contributed by atoms with Crippen molar-refractivity contribution in [2.24, 2.45) is 0 Å². The second kappa shape index (κ2) is 6.69. The van der Waals surface area contributed by atoms with Gasteiger partial charge in [0.1, 0.15) is 12.1 Å². The molecule has 1 fully saturated rings. The number of aromatic nitrogens is 4. The van der Waals surface area contributed by atoms with Crippen LogP contribution in [0.5, 0.6) is 0 Å². The fourth-order valence-electron chi connectivity index (χ4n) is 4.24. The van der Waals surface area contributed by atoms with Crippen LogP contribution in [0, 0.1) is 0 Å². The van der Waals surface area contributed by atoms with Gasteiger partial charge in [0, 0.05) is 17.7 Å². The summed E-state index contributed by atoms with van der Waals surface area (Å²) in [5, 5.41) is 0. The summed E-state index contributed by atoms with van der Waals surface area (Å²) in [6, 6.07) is 9.98. The molecule has 1 atom stereocenters. The average Bonchev–Trinajstić information content (AvgIpc) is 3.33. The van der Waals surface area contributed by atoms with Crippen molar-refractivity contribution in [1.82, 2.24) is 19.4 Å². The van der Waals surface area contributed by atoms with Crippen LogP contribution in [-0.2, 0) is 11.2 Å². The molecule has 3 heterocycles. The fraction of sp³-hybridized carbons (Fsp3) is 0.333. The van der Waals surface area contributed by atoms with Crippen molar-refractivity contribution in [2.75, 3.05) is 6.26 Å². The maximum atomic E-state index is 11.7. The Morgan fingerprint density at radius 2 is 1.85 bits per heavy atom. The predicted octanol–water partition coefficient (Wildman–Crippen LogP) is 4.66. The molecular formula is C21H22N4OS. The van der Waals surface area contributed by atoms with Crippen molar-refractivity contribution >= 4 is 27.9 Å². The van der Waals surface area contributed by atoms with Gasteiger partial charge in [-0.05, 0) is 54.3 Å². The number of fused-ring (bicyclic) bond motifs is 3. The van der Waals surface area contributed by atoms with Crippen molar-refractivity contribution in [2.45, 2.75) is 42.9 Å². The zero-order valence-corrected chi connectivity index (χ0v) is 16.1. The van der Waals surface area contributed by atoms with E-state index >= 15 is 0 Å². The maximum Gasteiger partial charge on any atom is 0.154 e. The van der Waals surface area contributed by atoms with Crippen molar-refractivity contribution in [3.8, 4) is 11.3 Å². The Labute approximate surface area is 161 Å². The molecule has 1 aliphatic rings. The second-order valence-electron chi connectivity index (χ2n) is 7.32. The first kappa shape index (κ1) is 16.8. The summed E-state index contributed by atoms with van der Waals surface area (Å²) in [5.41, 5.74) is 5.01. The van der Waals surface area contributed by atoms with Gasteiger partial charge in [0.05, 0.1) is 22.9 Å². The minimum atomic E-state index is -0.975. The number of nitrogens with zero attached hydrogens (tertiary/aromatic N) is 3. The van der Waals surface area contributed by atoms with Gasteiger partial charge in [0.25, 0.3) is 0 Å². The highest BCUT2D eigenvalue weighted by atomic mass is 32.2. The number of imidazole rings is 1. The summed E-state index contributed by atoms with van der Waals surface area (Å²) in [5.74, 6) is 1.64. The number of hydrogen-bond donors (Lipinski definition) is 1. The van der Waals surface area contributed by atoms with Crippen LogP contribution in [0.25, 0.3) is 27.9 Å². The van der Waals surface area contributed by atoms with Crippen LogP contribution in [0.3, 0.4) is 0 Å². The number of nitrogens with one attached hydrogen (secondary N) is 1. The van der Waals surface area contributed by atoms with Crippen molar-refractivity contribution in [1.29, 1.82) is 0 Å². The first-order valence-electron chi connectivity index (χ1n) is 9.50. The van der Waals surface area contributed by atoms with E-state index in [1.165, 1.54) is 32.1 Å². The lowest BCUT2D eigenvalue weighted by Crippen LogP contribution is -2.09. The molecule has 0 radical (unpaired) electrons. The summed E-state index contributed by atoms with van der Waals surface area (Å²) in [6.07, 6.45) is 11.8. The molecule has 6 heteroatoms. The van der Waals surface area contributed by atoms with Gasteiger partial charge >= 0.3 is 0 Å². The lowest BCUT2D eigenvalue weighted by molar-refractivity contribution is 0.429. The summed E-state index contributed by atoms with van der Waals surface area (Å²) in [6.45, 7) is 0. The Balaban J connectivity index is 1.72. The molecule has 0 amide bonds. The molecule has 0 saturated heterocycles. The summed E-state index contributed by atoms with van der Waals surface area (Å²) >= 11 is -0.975. The number of aromatic amines is 1. The lowest BCUT2D eigenvalue weighted by atomic mass is 9.89. The first-order valence-corrected chi connectivity index (χ1v) is 11.1. The van der Waals surface area contributed by atoms with Gasteiger partial charge in [-0.1, -0.05) is 19.3 Å². The van der Waals surface area contributed by atoms with Crippen molar-refractivity contribution in [3.63, 3.8) is 0 Å². The Kier molecular flexibility index (Phi) is 4.17. The summed E-state index contributed by atoms with van der Waals surface area (Å²) < 4.78 is 14.0. The third kappa shape index (κ3) is 2.84. The van der Waals surface area contributed by atoms with Crippen molar-refractivity contribution in [3.05, 3.63) is 48.5 Å². The molecule has 0 bridgehead atoms. The van der Waals surface area contributed by atoms with Gasteiger partial charge in [0.15, 0.2) is 10.5 Å². The van der Waals surface area contributed by atoms with Crippen LogP contribution < -0.4 is 0 Å². The van der Waals surface area contributed by atoms with E-state index < -0.39 is 11.2 Å². The van der Waals surface area contributed by atoms with Gasteiger partial charge in [-0.3, -0.25) is 4.40 Å². The highest BCUT2D eigenvalue weighted by Crippen LogP contribution is 2.36. The standard InChI is InChI=1S/C21H22N4OS/c1-27(26)16-9-7-14(8-10-16)19-18-13-23-20-17(11-12-22-20)25(18)21(24-19)15-5-3-2-4-6-15/h7-13,15,22H,2-6H2,1H3. The number of hydrogen-bond acceptors (Lipinski definition) is 3. The van der Waals surface area contributed by atoms with E-state index in [0.29, 0.717) is 5.92 Å². The molecule has 1 unspecified atom stereocenters. The van der Waals surface area contributed by atoms with Crippen LogP contribution >= 0.6 is 0 Å². The number of H-pyrrole nitrogens is 1. The van der Waals surface area contributed by atoms with Gasteiger partial charge < -0.3 is 9.54 Å². The molecule has 0 aliphatic heterocycles. The molecule has 0 spiro atoms. The monoisotopic (exact) mass is 378 g/mol. The minimum absolute atomic E-state index is 0.489. The van der Waals surface area contributed by atoms with Crippen LogP contribution in [-0.4, -0.2) is 30.2 Å². The van der Waals surface area contributed by atoms with E-state index in [9.17, 15) is 4.55 Å². The van der Waals surface area contributed by atoms with Gasteiger partial charge in [-0.15, -0.1) is 0 Å². The third-order valence-electron chi connectivity index (χ3n) is 5.63. The fourth-order valence-corrected chi connectivity index (χ4v) is 4.76. The van der Waals surface area contributed by atoms with E-state index in [-0.39, 0.29) is 0 Å². The van der Waals surface area contributed by atoms with E-state index in [4.69, 9.17) is 4.98 Å². The number of benzene rings is 1. The van der Waals surface area contributed by atoms with Crippen LogP contribution in [0.4, 0.5) is 0 Å². The summed E-state index contributed by atoms with van der Waals surface area (Å²) in [4.78, 5) is 13.8. The Morgan fingerprint density at radius 3 is 2.59 bits per heavy atom. The second-order valence-corrected chi connectivity index (χ2v) is 8.70. The molecule has 5 rings (SSSR count). The zero-order chi connectivity index (χ0) is 18.4. The molecular weight excluding hydrogens is 356 g/mol. The zero-order valence-electron chi connectivity index (χ0n) is 15.3. The van der Waals surface area contributed by atoms with E-state index in [1.807, 2.05) is 36.7 Å². The Morgan fingerprint density at radius 1 is 1.07 bits per heavy atom. The molecule has 1 aromatic carbocycles. The van der Waals surface area contributed by atoms with Gasteiger partial charge in [0.2, 0.25) is 0 Å². The molecule has 1 aliphatic carbocycles. The third-order valence-corrected chi connectivity index (χ3v) is 6.57. The maximum absolute atomic E-state index is 11.7.